The lowest BCUT2D eigenvalue weighted by atomic mass is 9.99. The monoisotopic (exact) mass is 288 g/mol. The van der Waals surface area contributed by atoms with E-state index in [0.29, 0.717) is 5.92 Å². The lowest BCUT2D eigenvalue weighted by Gasteiger charge is -2.17. The van der Waals surface area contributed by atoms with Crippen LogP contribution in [0.25, 0.3) is 10.9 Å². The van der Waals surface area contributed by atoms with Gasteiger partial charge in [0.2, 0.25) is 0 Å². The summed E-state index contributed by atoms with van der Waals surface area (Å²) in [6.45, 7) is 3.31. The van der Waals surface area contributed by atoms with Crippen LogP contribution in [0.4, 0.5) is 0 Å². The van der Waals surface area contributed by atoms with Gasteiger partial charge >= 0.3 is 0 Å². The van der Waals surface area contributed by atoms with E-state index in [1.54, 1.807) is 0 Å². The molecule has 0 N–H and O–H groups in total. The maximum Gasteiger partial charge on any atom is 0.0746 e. The maximum atomic E-state index is 4.57. The van der Waals surface area contributed by atoms with Crippen LogP contribution in [0.1, 0.15) is 23.5 Å². The summed E-state index contributed by atoms with van der Waals surface area (Å²) in [6, 6.07) is 21.5. The zero-order valence-corrected chi connectivity index (χ0v) is 12.7. The highest BCUT2D eigenvalue weighted by molar-refractivity contribution is 5.81. The lowest BCUT2D eigenvalue weighted by Crippen LogP contribution is -2.20. The van der Waals surface area contributed by atoms with Crippen molar-refractivity contribution in [1.29, 1.82) is 0 Å². The summed E-state index contributed by atoms with van der Waals surface area (Å²) < 4.78 is 0. The van der Waals surface area contributed by atoms with Crippen molar-refractivity contribution in [2.24, 2.45) is 0 Å². The topological polar surface area (TPSA) is 16.1 Å². The number of likely N-dealkylation sites (tertiary alicyclic amines) is 1. The summed E-state index contributed by atoms with van der Waals surface area (Å²) in [7, 11) is 0. The first-order chi connectivity index (χ1) is 10.9. The summed E-state index contributed by atoms with van der Waals surface area (Å²) in [5, 5.41) is 1.24. The Morgan fingerprint density at radius 1 is 0.955 bits per heavy atom. The Bertz CT molecular complexity index is 762. The zero-order valence-electron chi connectivity index (χ0n) is 12.7. The molecule has 0 spiro atoms. The van der Waals surface area contributed by atoms with Crippen molar-refractivity contribution in [3.63, 3.8) is 0 Å². The molecule has 110 valence electrons. The van der Waals surface area contributed by atoms with E-state index in [2.05, 4.69) is 64.5 Å². The zero-order chi connectivity index (χ0) is 14.8. The molecule has 2 heteroatoms. The Labute approximate surface area is 131 Å². The fourth-order valence-corrected chi connectivity index (χ4v) is 3.51. The van der Waals surface area contributed by atoms with E-state index in [-0.39, 0.29) is 0 Å². The van der Waals surface area contributed by atoms with Gasteiger partial charge in [0, 0.05) is 24.7 Å². The van der Waals surface area contributed by atoms with Crippen molar-refractivity contribution in [2.75, 3.05) is 13.1 Å². The summed E-state index contributed by atoms with van der Waals surface area (Å²) in [5.41, 5.74) is 3.96. The molecule has 1 saturated heterocycles. The molecule has 1 atom stereocenters. The van der Waals surface area contributed by atoms with Gasteiger partial charge in [-0.2, -0.15) is 0 Å². The van der Waals surface area contributed by atoms with Crippen LogP contribution in [0, 0.1) is 0 Å². The number of hydrogen-bond donors (Lipinski definition) is 0. The van der Waals surface area contributed by atoms with Gasteiger partial charge in [-0.3, -0.25) is 9.88 Å². The van der Waals surface area contributed by atoms with E-state index < -0.39 is 0 Å². The largest absolute Gasteiger partial charge is 0.298 e. The van der Waals surface area contributed by atoms with Gasteiger partial charge in [-0.25, -0.2) is 0 Å². The van der Waals surface area contributed by atoms with Gasteiger partial charge in [0.1, 0.15) is 0 Å². The van der Waals surface area contributed by atoms with E-state index >= 15 is 0 Å². The van der Waals surface area contributed by atoms with E-state index in [0.717, 1.165) is 18.6 Å². The molecular formula is C20H20N2. The number of pyridine rings is 1. The second-order valence-corrected chi connectivity index (χ2v) is 6.12. The molecule has 1 fully saturated rings. The minimum atomic E-state index is 0.670. The molecule has 2 nitrogen and oxygen atoms in total. The van der Waals surface area contributed by atoms with Crippen LogP contribution < -0.4 is 0 Å². The maximum absolute atomic E-state index is 4.57. The average molecular weight is 288 g/mol. The van der Waals surface area contributed by atoms with Crippen LogP contribution in [0.3, 0.4) is 0 Å². The fraction of sp³-hybridized carbons (Fsp3) is 0.250. The highest BCUT2D eigenvalue weighted by Gasteiger charge is 2.24. The number of hydrogen-bond acceptors (Lipinski definition) is 2. The fourth-order valence-electron chi connectivity index (χ4n) is 3.51. The number of aromatic nitrogens is 1. The summed E-state index contributed by atoms with van der Waals surface area (Å²) in [6.07, 6.45) is 3.14. The Balaban J connectivity index is 1.52. The Kier molecular flexibility index (Phi) is 3.61. The Hall–Kier alpha value is -2.19. The van der Waals surface area contributed by atoms with E-state index in [1.807, 2.05) is 12.3 Å². The van der Waals surface area contributed by atoms with Crippen LogP contribution in [0.15, 0.2) is 66.9 Å². The highest BCUT2D eigenvalue weighted by atomic mass is 15.1. The van der Waals surface area contributed by atoms with Crippen molar-refractivity contribution in [3.8, 4) is 0 Å². The normalized spacial score (nSPS) is 18.8. The summed E-state index contributed by atoms with van der Waals surface area (Å²) >= 11 is 0. The molecule has 22 heavy (non-hydrogen) atoms. The molecule has 4 rings (SSSR count). The van der Waals surface area contributed by atoms with Gasteiger partial charge < -0.3 is 0 Å². The third kappa shape index (κ3) is 2.62. The minimum absolute atomic E-state index is 0.670. The molecule has 0 amide bonds. The van der Waals surface area contributed by atoms with Gasteiger partial charge in [-0.1, -0.05) is 54.6 Å². The first-order valence-corrected chi connectivity index (χ1v) is 8.00. The second kappa shape index (κ2) is 5.90. The van der Waals surface area contributed by atoms with Gasteiger partial charge in [0.15, 0.2) is 0 Å². The molecular weight excluding hydrogens is 268 g/mol. The van der Waals surface area contributed by atoms with Gasteiger partial charge in [-0.15, -0.1) is 0 Å². The number of rotatable bonds is 3. The van der Waals surface area contributed by atoms with Crippen molar-refractivity contribution in [2.45, 2.75) is 18.9 Å². The molecule has 1 unspecified atom stereocenters. The van der Waals surface area contributed by atoms with Crippen LogP contribution in [-0.4, -0.2) is 23.0 Å². The van der Waals surface area contributed by atoms with Crippen LogP contribution in [0.2, 0.25) is 0 Å². The molecule has 0 aliphatic carbocycles. The predicted octanol–water partition coefficient (Wildman–Crippen LogP) is 4.22. The number of benzene rings is 2. The van der Waals surface area contributed by atoms with E-state index in [1.165, 1.54) is 29.5 Å². The first-order valence-electron chi connectivity index (χ1n) is 8.00. The van der Waals surface area contributed by atoms with Gasteiger partial charge in [0.25, 0.3) is 0 Å². The van der Waals surface area contributed by atoms with Crippen LogP contribution >= 0.6 is 0 Å². The molecule has 2 aromatic carbocycles. The van der Waals surface area contributed by atoms with Crippen molar-refractivity contribution >= 4 is 10.9 Å². The molecule has 1 aliphatic heterocycles. The molecule has 3 aromatic rings. The third-order valence-electron chi connectivity index (χ3n) is 4.65. The predicted molar refractivity (Wildman–Crippen MR) is 90.8 cm³/mol. The average Bonchev–Trinajstić information content (AvgIpc) is 3.05. The molecule has 0 saturated carbocycles. The van der Waals surface area contributed by atoms with Crippen LogP contribution in [0.5, 0.6) is 0 Å². The summed E-state index contributed by atoms with van der Waals surface area (Å²) in [5.74, 6) is 0.670. The minimum Gasteiger partial charge on any atom is -0.298 e. The standard InChI is InChI=1S/C20H20N2/c1-2-6-16(7-3-1)18-11-13-22(14-18)15-19-9-4-8-17-10-5-12-21-20(17)19/h1-10,12,18H,11,13-15H2. The molecule has 1 aromatic heterocycles. The second-order valence-electron chi connectivity index (χ2n) is 6.12. The molecule has 1 aliphatic rings. The number of nitrogens with zero attached hydrogens (tertiary/aromatic N) is 2. The van der Waals surface area contributed by atoms with Crippen LogP contribution in [-0.2, 0) is 6.54 Å². The smallest absolute Gasteiger partial charge is 0.0746 e. The third-order valence-corrected chi connectivity index (χ3v) is 4.65. The van der Waals surface area contributed by atoms with Crippen molar-refractivity contribution in [1.82, 2.24) is 9.88 Å². The van der Waals surface area contributed by atoms with Gasteiger partial charge in [-0.05, 0) is 36.1 Å². The van der Waals surface area contributed by atoms with Crippen molar-refractivity contribution in [3.05, 3.63) is 78.0 Å². The Morgan fingerprint density at radius 2 is 1.82 bits per heavy atom. The SMILES string of the molecule is c1ccc(C2CCN(Cc3cccc4cccnc34)C2)cc1. The van der Waals surface area contributed by atoms with E-state index in [9.17, 15) is 0 Å². The highest BCUT2D eigenvalue weighted by Crippen LogP contribution is 2.28. The van der Waals surface area contributed by atoms with E-state index in [4.69, 9.17) is 0 Å². The summed E-state index contributed by atoms with van der Waals surface area (Å²) in [4.78, 5) is 7.13. The number of para-hydroxylation sites is 1. The molecule has 0 radical (unpaired) electrons. The quantitative estimate of drug-likeness (QED) is 0.717. The molecule has 0 bridgehead atoms. The first kappa shape index (κ1) is 13.5. The number of fused-ring (bicyclic) bond motifs is 1. The van der Waals surface area contributed by atoms with Gasteiger partial charge in [0.05, 0.1) is 5.52 Å². The Morgan fingerprint density at radius 3 is 2.73 bits per heavy atom. The van der Waals surface area contributed by atoms with Crippen molar-refractivity contribution < 1.29 is 0 Å². The molecule has 2 heterocycles. The lowest BCUT2D eigenvalue weighted by molar-refractivity contribution is 0.328.